The van der Waals surface area contributed by atoms with E-state index in [0.29, 0.717) is 11.4 Å². The maximum absolute atomic E-state index is 12.4. The standard InChI is InChI=1S/C21H19N3O7/c1-12(24-18(26)15-5-3-4-6-16(15)19(24)27)20(28)31-11-17(25)23-21(29)22-13-7-9-14(30-2)10-8-13/h3-10,12H,11H2,1-2H3,(H2,22,23,25,29). The van der Waals surface area contributed by atoms with Crippen LogP contribution in [0.4, 0.5) is 10.5 Å². The van der Waals surface area contributed by atoms with Gasteiger partial charge in [-0.2, -0.15) is 0 Å². The fourth-order valence-electron chi connectivity index (χ4n) is 2.92. The monoisotopic (exact) mass is 425 g/mol. The summed E-state index contributed by atoms with van der Waals surface area (Å²) >= 11 is 0. The molecule has 0 fully saturated rings. The van der Waals surface area contributed by atoms with Crippen molar-refractivity contribution in [3.05, 3.63) is 59.7 Å². The van der Waals surface area contributed by atoms with E-state index >= 15 is 0 Å². The summed E-state index contributed by atoms with van der Waals surface area (Å²) in [7, 11) is 1.50. The zero-order valence-corrected chi connectivity index (χ0v) is 16.7. The topological polar surface area (TPSA) is 131 Å². The van der Waals surface area contributed by atoms with E-state index in [1.54, 1.807) is 36.4 Å². The van der Waals surface area contributed by atoms with Crippen LogP contribution in [-0.4, -0.2) is 54.4 Å². The van der Waals surface area contributed by atoms with Crippen molar-refractivity contribution in [2.75, 3.05) is 19.0 Å². The molecular formula is C21H19N3O7. The van der Waals surface area contributed by atoms with Crippen LogP contribution in [0.1, 0.15) is 27.6 Å². The van der Waals surface area contributed by atoms with Crippen LogP contribution in [0.3, 0.4) is 0 Å². The highest BCUT2D eigenvalue weighted by molar-refractivity contribution is 6.22. The molecule has 2 N–H and O–H groups in total. The normalized spacial score (nSPS) is 13.3. The van der Waals surface area contributed by atoms with Crippen LogP contribution in [0.5, 0.6) is 5.75 Å². The molecule has 1 aliphatic heterocycles. The Labute approximate surface area is 177 Å². The van der Waals surface area contributed by atoms with Crippen molar-refractivity contribution in [2.24, 2.45) is 0 Å². The Bertz CT molecular complexity index is 1010. The van der Waals surface area contributed by atoms with Crippen LogP contribution in [0.15, 0.2) is 48.5 Å². The molecule has 160 valence electrons. The van der Waals surface area contributed by atoms with Crippen molar-refractivity contribution < 1.29 is 33.4 Å². The quantitative estimate of drug-likeness (QED) is 0.530. The summed E-state index contributed by atoms with van der Waals surface area (Å²) in [6.45, 7) is 0.556. The lowest BCUT2D eigenvalue weighted by Gasteiger charge is -2.20. The first kappa shape index (κ1) is 21.5. The smallest absolute Gasteiger partial charge is 0.329 e. The second-order valence-electron chi connectivity index (χ2n) is 6.54. The zero-order valence-electron chi connectivity index (χ0n) is 16.7. The number of anilines is 1. The highest BCUT2D eigenvalue weighted by atomic mass is 16.5. The molecular weight excluding hydrogens is 406 g/mol. The van der Waals surface area contributed by atoms with Crippen molar-refractivity contribution in [3.63, 3.8) is 0 Å². The van der Waals surface area contributed by atoms with Crippen molar-refractivity contribution in [1.82, 2.24) is 10.2 Å². The van der Waals surface area contributed by atoms with Gasteiger partial charge in [0.25, 0.3) is 17.7 Å². The summed E-state index contributed by atoms with van der Waals surface area (Å²) in [5.74, 6) is -2.47. The van der Waals surface area contributed by atoms with Gasteiger partial charge in [0.15, 0.2) is 6.61 Å². The molecule has 0 spiro atoms. The fraction of sp³-hybridized carbons (Fsp3) is 0.190. The highest BCUT2D eigenvalue weighted by Gasteiger charge is 2.41. The number of rotatable bonds is 6. The Morgan fingerprint density at radius 2 is 1.55 bits per heavy atom. The minimum atomic E-state index is -1.24. The van der Waals surface area contributed by atoms with Crippen LogP contribution in [0.25, 0.3) is 0 Å². The van der Waals surface area contributed by atoms with Crippen LogP contribution < -0.4 is 15.4 Å². The van der Waals surface area contributed by atoms with E-state index in [2.05, 4.69) is 5.32 Å². The van der Waals surface area contributed by atoms with E-state index in [4.69, 9.17) is 9.47 Å². The largest absolute Gasteiger partial charge is 0.497 e. The summed E-state index contributed by atoms with van der Waals surface area (Å²) in [6.07, 6.45) is 0. The molecule has 0 aliphatic carbocycles. The molecule has 0 aromatic heterocycles. The number of urea groups is 1. The minimum absolute atomic E-state index is 0.195. The molecule has 1 unspecified atom stereocenters. The van der Waals surface area contributed by atoms with E-state index < -0.39 is 42.4 Å². The van der Waals surface area contributed by atoms with Crippen LogP contribution >= 0.6 is 0 Å². The molecule has 1 heterocycles. The lowest BCUT2D eigenvalue weighted by atomic mass is 10.1. The first-order valence-corrected chi connectivity index (χ1v) is 9.20. The van der Waals surface area contributed by atoms with Gasteiger partial charge in [-0.05, 0) is 43.3 Å². The second kappa shape index (κ2) is 9.08. The zero-order chi connectivity index (χ0) is 22.5. The summed E-state index contributed by atoms with van der Waals surface area (Å²) in [5.41, 5.74) is 0.808. The third-order valence-electron chi connectivity index (χ3n) is 4.50. The number of esters is 1. The maximum atomic E-state index is 12.4. The summed E-state index contributed by atoms with van der Waals surface area (Å²) in [6, 6.07) is 10.5. The first-order chi connectivity index (χ1) is 14.8. The molecule has 0 radical (unpaired) electrons. The number of carbonyl (C=O) groups is 5. The van der Waals surface area contributed by atoms with Gasteiger partial charge < -0.3 is 14.8 Å². The van der Waals surface area contributed by atoms with Crippen molar-refractivity contribution in [2.45, 2.75) is 13.0 Å². The van der Waals surface area contributed by atoms with E-state index in [1.165, 1.54) is 26.2 Å². The van der Waals surface area contributed by atoms with Gasteiger partial charge in [-0.15, -0.1) is 0 Å². The maximum Gasteiger partial charge on any atom is 0.329 e. The number of hydrogen-bond donors (Lipinski definition) is 2. The predicted molar refractivity (Wildman–Crippen MR) is 108 cm³/mol. The van der Waals surface area contributed by atoms with Crippen molar-refractivity contribution >= 4 is 35.4 Å². The number of hydrogen-bond acceptors (Lipinski definition) is 7. The number of imide groups is 2. The van der Waals surface area contributed by atoms with Gasteiger partial charge in [0.05, 0.1) is 18.2 Å². The average molecular weight is 425 g/mol. The van der Waals surface area contributed by atoms with Crippen molar-refractivity contribution in [1.29, 1.82) is 0 Å². The van der Waals surface area contributed by atoms with Gasteiger partial charge in [0, 0.05) is 5.69 Å². The Kier molecular flexibility index (Phi) is 6.29. The molecule has 2 aromatic carbocycles. The number of fused-ring (bicyclic) bond motifs is 1. The molecule has 10 heteroatoms. The Balaban J connectivity index is 1.49. The molecule has 0 bridgehead atoms. The number of methoxy groups -OCH3 is 1. The van der Waals surface area contributed by atoms with Gasteiger partial charge in [0.2, 0.25) is 0 Å². The molecule has 0 saturated carbocycles. The minimum Gasteiger partial charge on any atom is -0.497 e. The van der Waals surface area contributed by atoms with Crippen LogP contribution in [0, 0.1) is 0 Å². The highest BCUT2D eigenvalue weighted by Crippen LogP contribution is 2.24. The molecule has 2 aromatic rings. The Morgan fingerprint density at radius 3 is 2.10 bits per heavy atom. The second-order valence-corrected chi connectivity index (χ2v) is 6.54. The van der Waals surface area contributed by atoms with E-state index in [1.807, 2.05) is 5.32 Å². The molecule has 0 saturated heterocycles. The molecule has 1 atom stereocenters. The van der Waals surface area contributed by atoms with Crippen LogP contribution in [0.2, 0.25) is 0 Å². The Hall–Kier alpha value is -4.21. The SMILES string of the molecule is COc1ccc(NC(=O)NC(=O)COC(=O)C(C)N2C(=O)c3ccccc3C2=O)cc1. The molecule has 3 rings (SSSR count). The number of carbonyl (C=O) groups excluding carboxylic acids is 5. The lowest BCUT2D eigenvalue weighted by Crippen LogP contribution is -2.45. The Morgan fingerprint density at radius 1 is 0.968 bits per heavy atom. The van der Waals surface area contributed by atoms with Gasteiger partial charge >= 0.3 is 12.0 Å². The molecule has 31 heavy (non-hydrogen) atoms. The third-order valence-corrected chi connectivity index (χ3v) is 4.50. The lowest BCUT2D eigenvalue weighted by molar-refractivity contribution is -0.151. The summed E-state index contributed by atoms with van der Waals surface area (Å²) in [4.78, 5) is 61.6. The predicted octanol–water partition coefficient (Wildman–Crippen LogP) is 1.57. The van der Waals surface area contributed by atoms with Gasteiger partial charge in [-0.25, -0.2) is 9.59 Å². The number of benzene rings is 2. The van der Waals surface area contributed by atoms with Crippen molar-refractivity contribution in [3.8, 4) is 5.75 Å². The molecule has 5 amide bonds. The van der Waals surface area contributed by atoms with Crippen LogP contribution in [-0.2, 0) is 14.3 Å². The molecule has 10 nitrogen and oxygen atoms in total. The fourth-order valence-corrected chi connectivity index (χ4v) is 2.92. The van der Waals surface area contributed by atoms with E-state index in [-0.39, 0.29) is 11.1 Å². The average Bonchev–Trinajstić information content (AvgIpc) is 3.02. The third kappa shape index (κ3) is 4.69. The van der Waals surface area contributed by atoms with Gasteiger partial charge in [-0.3, -0.25) is 24.6 Å². The van der Waals surface area contributed by atoms with E-state index in [0.717, 1.165) is 4.90 Å². The summed E-state index contributed by atoms with van der Waals surface area (Å²) in [5, 5.41) is 4.44. The summed E-state index contributed by atoms with van der Waals surface area (Å²) < 4.78 is 9.87. The number of nitrogens with one attached hydrogen (secondary N) is 2. The molecule has 1 aliphatic rings. The van der Waals surface area contributed by atoms with E-state index in [9.17, 15) is 24.0 Å². The number of amides is 5. The number of ether oxygens (including phenoxy) is 2. The first-order valence-electron chi connectivity index (χ1n) is 9.20. The van der Waals surface area contributed by atoms with Gasteiger partial charge in [0.1, 0.15) is 11.8 Å². The van der Waals surface area contributed by atoms with Gasteiger partial charge in [-0.1, -0.05) is 12.1 Å². The number of nitrogens with zero attached hydrogens (tertiary/aromatic N) is 1.